The summed E-state index contributed by atoms with van der Waals surface area (Å²) in [6, 6.07) is 1.84. The highest BCUT2D eigenvalue weighted by atomic mass is 15.3. The minimum absolute atomic E-state index is 0.00409. The van der Waals surface area contributed by atoms with E-state index in [1.54, 1.807) is 0 Å². The smallest absolute Gasteiger partial charge is 0.145 e. The van der Waals surface area contributed by atoms with E-state index in [-0.39, 0.29) is 11.0 Å². The summed E-state index contributed by atoms with van der Waals surface area (Å²) >= 11 is 0. The minimum Gasteiger partial charge on any atom is -0.365 e. The third kappa shape index (κ3) is 4.67. The van der Waals surface area contributed by atoms with Crippen LogP contribution in [0.5, 0.6) is 0 Å². The molecule has 1 rings (SSSR count). The Labute approximate surface area is 116 Å². The molecule has 0 atom stereocenters. The first kappa shape index (κ1) is 15.7. The van der Waals surface area contributed by atoms with Gasteiger partial charge in [-0.25, -0.2) is 15.8 Å². The molecule has 0 aromatic carbocycles. The minimum atomic E-state index is -0.113. The molecule has 0 saturated heterocycles. The summed E-state index contributed by atoms with van der Waals surface area (Å²) in [6.45, 7) is 12.8. The fraction of sp³-hybridized carbons (Fsp3) is 0.714. The zero-order valence-electron chi connectivity index (χ0n) is 13.0. The van der Waals surface area contributed by atoms with Crippen LogP contribution in [0.3, 0.4) is 0 Å². The molecule has 1 heterocycles. The van der Waals surface area contributed by atoms with Gasteiger partial charge < -0.3 is 10.7 Å². The SMILES string of the molecule is CCCC(C)(C)Nc1cc(NN)nc(C(C)(C)C)n1. The Morgan fingerprint density at radius 3 is 2.16 bits per heavy atom. The Balaban J connectivity index is 3.07. The molecular weight excluding hydrogens is 238 g/mol. The van der Waals surface area contributed by atoms with Crippen LogP contribution < -0.4 is 16.6 Å². The number of rotatable bonds is 5. The highest BCUT2D eigenvalue weighted by molar-refractivity contribution is 5.48. The summed E-state index contributed by atoms with van der Waals surface area (Å²) in [5.74, 6) is 7.71. The largest absolute Gasteiger partial charge is 0.365 e. The molecule has 19 heavy (non-hydrogen) atoms. The van der Waals surface area contributed by atoms with E-state index in [1.165, 1.54) is 0 Å². The standard InChI is InChI=1S/C14H27N5/c1-7-8-14(5,6)18-10-9-11(19-15)17-12(16-10)13(2,3)4/h9H,7-8,15H2,1-6H3,(H2,16,17,18,19). The van der Waals surface area contributed by atoms with Crippen molar-refractivity contribution in [1.82, 2.24) is 9.97 Å². The van der Waals surface area contributed by atoms with Crippen LogP contribution in [0.15, 0.2) is 6.07 Å². The van der Waals surface area contributed by atoms with Gasteiger partial charge in [0.25, 0.3) is 0 Å². The van der Waals surface area contributed by atoms with Gasteiger partial charge in [0, 0.05) is 17.0 Å². The number of anilines is 2. The van der Waals surface area contributed by atoms with Crippen LogP contribution in [-0.4, -0.2) is 15.5 Å². The second-order valence-corrected chi connectivity index (χ2v) is 6.62. The lowest BCUT2D eigenvalue weighted by Gasteiger charge is -2.27. The van der Waals surface area contributed by atoms with Gasteiger partial charge in [-0.05, 0) is 20.3 Å². The fourth-order valence-corrected chi connectivity index (χ4v) is 1.95. The van der Waals surface area contributed by atoms with Gasteiger partial charge in [-0.3, -0.25) is 0 Å². The quantitative estimate of drug-likeness (QED) is 0.563. The van der Waals surface area contributed by atoms with E-state index >= 15 is 0 Å². The average Bonchev–Trinajstić information content (AvgIpc) is 2.26. The van der Waals surface area contributed by atoms with Gasteiger partial charge in [0.2, 0.25) is 0 Å². The maximum Gasteiger partial charge on any atom is 0.145 e. The Kier molecular flexibility index (Phi) is 4.74. The molecule has 5 nitrogen and oxygen atoms in total. The van der Waals surface area contributed by atoms with Gasteiger partial charge in [0.05, 0.1) is 0 Å². The van der Waals surface area contributed by atoms with Crippen molar-refractivity contribution in [2.75, 3.05) is 10.7 Å². The van der Waals surface area contributed by atoms with Crippen molar-refractivity contribution >= 4 is 11.6 Å². The molecule has 0 bridgehead atoms. The Morgan fingerprint density at radius 2 is 1.68 bits per heavy atom. The number of nitrogen functional groups attached to an aromatic ring is 1. The molecular formula is C14H27N5. The van der Waals surface area contributed by atoms with Gasteiger partial charge in [-0.15, -0.1) is 0 Å². The van der Waals surface area contributed by atoms with Crippen molar-refractivity contribution in [3.63, 3.8) is 0 Å². The third-order valence-electron chi connectivity index (χ3n) is 2.89. The van der Waals surface area contributed by atoms with E-state index < -0.39 is 0 Å². The van der Waals surface area contributed by atoms with E-state index in [1.807, 2.05) is 6.07 Å². The number of nitrogens with two attached hydrogens (primary N) is 1. The summed E-state index contributed by atoms with van der Waals surface area (Å²) in [4.78, 5) is 9.01. The summed E-state index contributed by atoms with van der Waals surface area (Å²) < 4.78 is 0. The van der Waals surface area contributed by atoms with E-state index in [2.05, 4.69) is 62.3 Å². The molecule has 0 amide bonds. The van der Waals surface area contributed by atoms with Gasteiger partial charge in [-0.1, -0.05) is 34.1 Å². The topological polar surface area (TPSA) is 75.9 Å². The second kappa shape index (κ2) is 5.74. The lowest BCUT2D eigenvalue weighted by molar-refractivity contribution is 0.504. The molecule has 0 radical (unpaired) electrons. The number of hydrogen-bond acceptors (Lipinski definition) is 5. The molecule has 0 aliphatic heterocycles. The fourth-order valence-electron chi connectivity index (χ4n) is 1.95. The molecule has 0 aliphatic rings. The molecule has 4 N–H and O–H groups in total. The van der Waals surface area contributed by atoms with Crippen LogP contribution in [0.1, 0.15) is 60.2 Å². The summed E-state index contributed by atoms with van der Waals surface area (Å²) in [5.41, 5.74) is 2.50. The normalized spacial score (nSPS) is 12.4. The number of nitrogens with zero attached hydrogens (tertiary/aromatic N) is 2. The summed E-state index contributed by atoms with van der Waals surface area (Å²) in [5, 5.41) is 3.46. The van der Waals surface area contributed by atoms with Crippen LogP contribution in [0.2, 0.25) is 0 Å². The summed E-state index contributed by atoms with van der Waals surface area (Å²) in [6.07, 6.45) is 2.20. The number of nitrogens with one attached hydrogen (secondary N) is 2. The predicted octanol–water partition coefficient (Wildman–Crippen LogP) is 3.05. The van der Waals surface area contributed by atoms with Crippen molar-refractivity contribution in [1.29, 1.82) is 0 Å². The van der Waals surface area contributed by atoms with Crippen molar-refractivity contribution in [2.24, 2.45) is 5.84 Å². The van der Waals surface area contributed by atoms with Crippen LogP contribution in [-0.2, 0) is 5.41 Å². The molecule has 0 saturated carbocycles. The molecule has 0 unspecified atom stereocenters. The van der Waals surface area contributed by atoms with E-state index in [9.17, 15) is 0 Å². The maximum atomic E-state index is 5.49. The van der Waals surface area contributed by atoms with Crippen molar-refractivity contribution < 1.29 is 0 Å². The van der Waals surface area contributed by atoms with E-state index in [4.69, 9.17) is 5.84 Å². The first-order valence-electron chi connectivity index (χ1n) is 6.82. The zero-order valence-corrected chi connectivity index (χ0v) is 13.0. The highest BCUT2D eigenvalue weighted by Gasteiger charge is 2.21. The molecule has 0 fully saturated rings. The van der Waals surface area contributed by atoms with Crippen LogP contribution in [0.4, 0.5) is 11.6 Å². The number of hydrazine groups is 1. The Bertz CT molecular complexity index is 420. The third-order valence-corrected chi connectivity index (χ3v) is 2.89. The van der Waals surface area contributed by atoms with Crippen molar-refractivity contribution in [3.05, 3.63) is 11.9 Å². The second-order valence-electron chi connectivity index (χ2n) is 6.62. The first-order chi connectivity index (χ1) is 8.68. The molecule has 5 heteroatoms. The van der Waals surface area contributed by atoms with Crippen molar-refractivity contribution in [3.8, 4) is 0 Å². The molecule has 0 aliphatic carbocycles. The van der Waals surface area contributed by atoms with E-state index in [0.717, 1.165) is 24.5 Å². The summed E-state index contributed by atoms with van der Waals surface area (Å²) in [7, 11) is 0. The monoisotopic (exact) mass is 265 g/mol. The van der Waals surface area contributed by atoms with Gasteiger partial charge >= 0.3 is 0 Å². The van der Waals surface area contributed by atoms with E-state index in [0.29, 0.717) is 5.82 Å². The van der Waals surface area contributed by atoms with Gasteiger partial charge in [0.1, 0.15) is 17.5 Å². The zero-order chi connectivity index (χ0) is 14.7. The molecule has 1 aromatic heterocycles. The Morgan fingerprint density at radius 1 is 1.11 bits per heavy atom. The van der Waals surface area contributed by atoms with Crippen molar-refractivity contribution in [2.45, 2.75) is 65.3 Å². The van der Waals surface area contributed by atoms with Crippen LogP contribution in [0, 0.1) is 0 Å². The Hall–Kier alpha value is -1.36. The lowest BCUT2D eigenvalue weighted by atomic mass is 9.95. The maximum absolute atomic E-state index is 5.49. The van der Waals surface area contributed by atoms with Gasteiger partial charge in [0.15, 0.2) is 0 Å². The average molecular weight is 265 g/mol. The molecule has 108 valence electrons. The lowest BCUT2D eigenvalue weighted by Crippen LogP contribution is -2.31. The first-order valence-corrected chi connectivity index (χ1v) is 6.82. The molecule has 1 aromatic rings. The van der Waals surface area contributed by atoms with Crippen LogP contribution in [0.25, 0.3) is 0 Å². The molecule has 0 spiro atoms. The predicted molar refractivity (Wildman–Crippen MR) is 81.2 cm³/mol. The van der Waals surface area contributed by atoms with Gasteiger partial charge in [-0.2, -0.15) is 0 Å². The number of hydrogen-bond donors (Lipinski definition) is 3. The number of aromatic nitrogens is 2. The highest BCUT2D eigenvalue weighted by Crippen LogP contribution is 2.24. The van der Waals surface area contributed by atoms with Crippen LogP contribution >= 0.6 is 0 Å².